The Labute approximate surface area is 125 Å². The summed E-state index contributed by atoms with van der Waals surface area (Å²) in [6, 6.07) is 10.8. The molecule has 0 saturated heterocycles. The van der Waals surface area contributed by atoms with Crippen molar-refractivity contribution >= 4 is 29.2 Å². The number of anilines is 1. The predicted octanol–water partition coefficient (Wildman–Crippen LogP) is 1.77. The first kappa shape index (κ1) is 14.8. The van der Waals surface area contributed by atoms with Crippen LogP contribution in [0.3, 0.4) is 0 Å². The van der Waals surface area contributed by atoms with Gasteiger partial charge in [-0.1, -0.05) is 11.6 Å². The molecule has 1 N–H and O–H groups in total. The minimum absolute atomic E-state index is 0.184. The summed E-state index contributed by atoms with van der Waals surface area (Å²) >= 11 is 5.72. The average molecular weight is 307 g/mol. The lowest BCUT2D eigenvalue weighted by Gasteiger charge is -2.06. The number of benzene rings is 1. The average Bonchev–Trinajstić information content (AvgIpc) is 2.48. The van der Waals surface area contributed by atoms with Crippen molar-refractivity contribution in [2.45, 2.75) is 0 Å². The maximum Gasteiger partial charge on any atom is 0.405 e. The van der Waals surface area contributed by atoms with Crippen molar-refractivity contribution in [3.05, 3.63) is 64.6 Å². The van der Waals surface area contributed by atoms with E-state index in [1.54, 1.807) is 24.3 Å². The van der Waals surface area contributed by atoms with E-state index < -0.39 is 18.5 Å². The Kier molecular flexibility index (Phi) is 4.73. The van der Waals surface area contributed by atoms with Crippen molar-refractivity contribution in [1.82, 2.24) is 0 Å². The van der Waals surface area contributed by atoms with Gasteiger partial charge in [0.05, 0.1) is 0 Å². The highest BCUT2D eigenvalue weighted by Crippen LogP contribution is 2.13. The largest absolute Gasteiger partial charge is 0.618 e. The topological polar surface area (TPSA) is 82.3 Å². The molecule has 0 atom stereocenters. The number of carbonyl (C=O) groups excluding carboxylic acids is 2. The number of nitrogens with zero attached hydrogens (tertiary/aromatic N) is 1. The van der Waals surface area contributed by atoms with E-state index in [4.69, 9.17) is 16.3 Å². The number of hydrogen-bond acceptors (Lipinski definition) is 4. The van der Waals surface area contributed by atoms with Gasteiger partial charge < -0.3 is 15.3 Å². The van der Waals surface area contributed by atoms with Crippen molar-refractivity contribution in [3.8, 4) is 0 Å². The number of nitrogens with one attached hydrogen (secondary N) is 1. The van der Waals surface area contributed by atoms with Crippen LogP contribution in [-0.2, 0) is 9.53 Å². The molecule has 1 amide bonds. The Morgan fingerprint density at radius 3 is 2.57 bits per heavy atom. The summed E-state index contributed by atoms with van der Waals surface area (Å²) in [6.45, 7) is -0.490. The summed E-state index contributed by atoms with van der Waals surface area (Å²) in [5.41, 5.74) is 0.343. The van der Waals surface area contributed by atoms with Gasteiger partial charge in [-0.3, -0.25) is 4.79 Å². The van der Waals surface area contributed by atoms with Crippen molar-refractivity contribution in [2.24, 2.45) is 0 Å². The molecule has 1 aromatic heterocycles. The van der Waals surface area contributed by atoms with Crippen molar-refractivity contribution < 1.29 is 19.1 Å². The third-order valence-corrected chi connectivity index (χ3v) is 2.75. The number of amides is 1. The number of carbonyl (C=O) groups is 2. The molecule has 0 unspecified atom stereocenters. The van der Waals surface area contributed by atoms with E-state index in [1.807, 2.05) is 0 Å². The van der Waals surface area contributed by atoms with Gasteiger partial charge in [0.1, 0.15) is 0 Å². The van der Waals surface area contributed by atoms with E-state index in [9.17, 15) is 14.8 Å². The molecule has 7 heteroatoms. The molecule has 0 radical (unpaired) electrons. The first-order chi connectivity index (χ1) is 10.1. The molecule has 21 heavy (non-hydrogen) atoms. The first-order valence-corrected chi connectivity index (χ1v) is 6.35. The van der Waals surface area contributed by atoms with Crippen LogP contribution in [0.5, 0.6) is 0 Å². The number of pyridine rings is 1. The monoisotopic (exact) mass is 306 g/mol. The lowest BCUT2D eigenvalue weighted by molar-refractivity contribution is -0.608. The Balaban J connectivity index is 1.88. The quantitative estimate of drug-likeness (QED) is 0.530. The van der Waals surface area contributed by atoms with Crippen LogP contribution in [-0.4, -0.2) is 18.5 Å². The van der Waals surface area contributed by atoms with Gasteiger partial charge in [0.15, 0.2) is 12.8 Å². The molecule has 108 valence electrons. The molecule has 0 aliphatic carbocycles. The normalized spacial score (nSPS) is 9.95. The second-order valence-electron chi connectivity index (χ2n) is 4.04. The van der Waals surface area contributed by atoms with Crippen LogP contribution in [0.25, 0.3) is 0 Å². The SMILES string of the molecule is O=C(COC(=O)c1cccc[n+]1[O-])Nc1ccc(Cl)cc1. The third-order valence-electron chi connectivity index (χ3n) is 2.50. The summed E-state index contributed by atoms with van der Waals surface area (Å²) in [7, 11) is 0. The fourth-order valence-corrected chi connectivity index (χ4v) is 1.65. The number of aromatic nitrogens is 1. The standard InChI is InChI=1S/C14H11ClN2O4/c15-10-4-6-11(7-5-10)16-13(18)9-21-14(19)12-3-1-2-8-17(12)20/h1-8H,9H2,(H,16,18). The number of ether oxygens (including phenoxy) is 1. The first-order valence-electron chi connectivity index (χ1n) is 5.97. The summed E-state index contributed by atoms with van der Waals surface area (Å²) in [5, 5.41) is 14.4. The smallest absolute Gasteiger partial charge is 0.405 e. The maximum atomic E-state index is 11.6. The van der Waals surface area contributed by atoms with Gasteiger partial charge >= 0.3 is 11.7 Å². The molecule has 0 aliphatic rings. The Morgan fingerprint density at radius 2 is 1.90 bits per heavy atom. The van der Waals surface area contributed by atoms with Gasteiger partial charge in [0, 0.05) is 22.8 Å². The van der Waals surface area contributed by atoms with Crippen LogP contribution in [0.4, 0.5) is 5.69 Å². The van der Waals surface area contributed by atoms with Gasteiger partial charge in [-0.2, -0.15) is 4.73 Å². The zero-order valence-corrected chi connectivity index (χ0v) is 11.5. The van der Waals surface area contributed by atoms with Gasteiger partial charge in [-0.15, -0.1) is 0 Å². The second kappa shape index (κ2) is 6.71. The molecule has 0 fully saturated rings. The minimum atomic E-state index is -0.864. The summed E-state index contributed by atoms with van der Waals surface area (Å²) in [4.78, 5) is 23.2. The minimum Gasteiger partial charge on any atom is -0.618 e. The molecule has 0 bridgehead atoms. The molecule has 0 spiro atoms. The number of esters is 1. The fraction of sp³-hybridized carbons (Fsp3) is 0.0714. The van der Waals surface area contributed by atoms with E-state index in [0.717, 1.165) is 0 Å². The summed E-state index contributed by atoms with van der Waals surface area (Å²) in [5.74, 6) is -1.38. The van der Waals surface area contributed by atoms with Crippen LogP contribution in [0.15, 0.2) is 48.7 Å². The van der Waals surface area contributed by atoms with Crippen LogP contribution in [0.2, 0.25) is 5.02 Å². The number of halogens is 1. The molecule has 1 aromatic carbocycles. The predicted molar refractivity (Wildman–Crippen MR) is 75.8 cm³/mol. The van der Waals surface area contributed by atoms with Crippen molar-refractivity contribution in [2.75, 3.05) is 11.9 Å². The molecule has 2 aromatic rings. The molecule has 0 aliphatic heterocycles. The van der Waals surface area contributed by atoms with E-state index in [2.05, 4.69) is 5.32 Å². The van der Waals surface area contributed by atoms with Crippen molar-refractivity contribution in [3.63, 3.8) is 0 Å². The lowest BCUT2D eigenvalue weighted by Crippen LogP contribution is -2.35. The van der Waals surface area contributed by atoms with E-state index >= 15 is 0 Å². The highest BCUT2D eigenvalue weighted by Gasteiger charge is 2.18. The molecular formula is C14H11ClN2O4. The van der Waals surface area contributed by atoms with Gasteiger partial charge in [-0.05, 0) is 30.3 Å². The Morgan fingerprint density at radius 1 is 1.19 bits per heavy atom. The fourth-order valence-electron chi connectivity index (χ4n) is 1.52. The zero-order valence-electron chi connectivity index (χ0n) is 10.8. The van der Waals surface area contributed by atoms with Gasteiger partial charge in [0.2, 0.25) is 0 Å². The number of hydrogen-bond donors (Lipinski definition) is 1. The number of rotatable bonds is 4. The summed E-state index contributed by atoms with van der Waals surface area (Å²) < 4.78 is 5.14. The third kappa shape index (κ3) is 4.19. The molecule has 6 nitrogen and oxygen atoms in total. The second-order valence-corrected chi connectivity index (χ2v) is 4.48. The molecule has 0 saturated carbocycles. The van der Waals surface area contributed by atoms with E-state index in [-0.39, 0.29) is 5.69 Å². The highest BCUT2D eigenvalue weighted by atomic mass is 35.5. The molecule has 1 heterocycles. The Bertz CT molecular complexity index is 658. The summed E-state index contributed by atoms with van der Waals surface area (Å²) in [6.07, 6.45) is 1.17. The van der Waals surface area contributed by atoms with Crippen LogP contribution in [0.1, 0.15) is 10.5 Å². The molecular weight excluding hydrogens is 296 g/mol. The lowest BCUT2D eigenvalue weighted by atomic mass is 10.3. The Hall–Kier alpha value is -2.60. The molecule has 2 rings (SSSR count). The highest BCUT2D eigenvalue weighted by molar-refractivity contribution is 6.30. The van der Waals surface area contributed by atoms with Gasteiger partial charge in [0.25, 0.3) is 5.91 Å². The van der Waals surface area contributed by atoms with Crippen molar-refractivity contribution in [1.29, 1.82) is 0 Å². The van der Waals surface area contributed by atoms with Crippen LogP contribution >= 0.6 is 11.6 Å². The maximum absolute atomic E-state index is 11.6. The van der Waals surface area contributed by atoms with E-state index in [1.165, 1.54) is 24.4 Å². The van der Waals surface area contributed by atoms with E-state index in [0.29, 0.717) is 15.4 Å². The van der Waals surface area contributed by atoms with Crippen LogP contribution < -0.4 is 10.0 Å². The zero-order chi connectivity index (χ0) is 15.2. The van der Waals surface area contributed by atoms with Crippen LogP contribution in [0, 0.1) is 5.21 Å². The van der Waals surface area contributed by atoms with Gasteiger partial charge in [-0.25, -0.2) is 4.79 Å².